The number of aliphatic hydroxyl groups excluding tert-OH is 1. The number of para-hydroxylation sites is 1. The van der Waals surface area contributed by atoms with Crippen LogP contribution < -0.4 is 10.9 Å². The van der Waals surface area contributed by atoms with Crippen LogP contribution in [-0.2, 0) is 11.2 Å². The van der Waals surface area contributed by atoms with Gasteiger partial charge in [0.15, 0.2) is 0 Å². The number of hydrogen-bond donors (Lipinski definition) is 3. The van der Waals surface area contributed by atoms with Gasteiger partial charge in [0.05, 0.1) is 10.9 Å². The molecule has 1 heterocycles. The van der Waals surface area contributed by atoms with E-state index in [1.165, 1.54) is 0 Å². The van der Waals surface area contributed by atoms with Crippen LogP contribution in [0, 0.1) is 5.92 Å². The number of rotatable bonds is 6. The molecule has 134 valence electrons. The number of carbonyl (C=O) groups is 1. The van der Waals surface area contributed by atoms with Crippen molar-refractivity contribution in [2.75, 3.05) is 6.61 Å². The Morgan fingerprint density at radius 3 is 2.92 bits per heavy atom. The molecule has 2 atom stereocenters. The van der Waals surface area contributed by atoms with E-state index in [9.17, 15) is 14.7 Å². The lowest BCUT2D eigenvalue weighted by Crippen LogP contribution is -2.43. The monoisotopic (exact) mass is 343 g/mol. The average molecular weight is 343 g/mol. The first-order chi connectivity index (χ1) is 12.2. The largest absolute Gasteiger partial charge is 0.396 e. The Bertz CT molecular complexity index is 787. The fraction of sp³-hybridized carbons (Fsp3) is 0.526. The standard InChI is InChI=1S/C19H25N3O3/c23-12-13-6-1-3-8-15(13)21-18(24)11-5-10-17-20-16-9-4-2-7-14(16)19(25)22-17/h2,4,7,9,13,15,23H,1,3,5-6,8,10-12H2,(H,21,24)(H,20,22,25). The minimum Gasteiger partial charge on any atom is -0.396 e. The molecule has 0 saturated heterocycles. The van der Waals surface area contributed by atoms with E-state index < -0.39 is 0 Å². The molecule has 6 nitrogen and oxygen atoms in total. The van der Waals surface area contributed by atoms with Crippen LogP contribution in [0.25, 0.3) is 10.9 Å². The zero-order valence-corrected chi connectivity index (χ0v) is 14.3. The number of amides is 1. The number of fused-ring (bicyclic) bond motifs is 1. The Balaban J connectivity index is 1.52. The zero-order valence-electron chi connectivity index (χ0n) is 14.3. The molecule has 1 aliphatic carbocycles. The maximum atomic E-state index is 12.2. The Kier molecular flexibility index (Phi) is 5.81. The summed E-state index contributed by atoms with van der Waals surface area (Å²) in [6, 6.07) is 7.32. The summed E-state index contributed by atoms with van der Waals surface area (Å²) in [5.74, 6) is 0.798. The number of carbonyl (C=O) groups excluding carboxylic acids is 1. The van der Waals surface area contributed by atoms with Gasteiger partial charge < -0.3 is 15.4 Å². The van der Waals surface area contributed by atoms with Crippen molar-refractivity contribution in [1.82, 2.24) is 15.3 Å². The number of nitrogens with one attached hydrogen (secondary N) is 2. The first-order valence-electron chi connectivity index (χ1n) is 9.05. The van der Waals surface area contributed by atoms with Gasteiger partial charge in [-0.15, -0.1) is 0 Å². The number of aromatic nitrogens is 2. The molecule has 25 heavy (non-hydrogen) atoms. The molecule has 1 aromatic heterocycles. The minimum atomic E-state index is -0.141. The topological polar surface area (TPSA) is 95.1 Å². The third-order valence-electron chi connectivity index (χ3n) is 4.97. The van der Waals surface area contributed by atoms with Crippen LogP contribution in [-0.4, -0.2) is 33.6 Å². The van der Waals surface area contributed by atoms with Crippen molar-refractivity contribution in [2.24, 2.45) is 5.92 Å². The molecule has 0 aliphatic heterocycles. The van der Waals surface area contributed by atoms with Crippen molar-refractivity contribution < 1.29 is 9.90 Å². The van der Waals surface area contributed by atoms with Crippen molar-refractivity contribution in [3.05, 3.63) is 40.4 Å². The van der Waals surface area contributed by atoms with Gasteiger partial charge in [-0.05, 0) is 31.4 Å². The molecule has 3 rings (SSSR count). The summed E-state index contributed by atoms with van der Waals surface area (Å²) in [6.07, 6.45) is 5.72. The third kappa shape index (κ3) is 4.45. The molecular weight excluding hydrogens is 318 g/mol. The van der Waals surface area contributed by atoms with Crippen LogP contribution in [0.15, 0.2) is 29.1 Å². The summed E-state index contributed by atoms with van der Waals surface area (Å²) in [5.41, 5.74) is 0.539. The number of H-pyrrole nitrogens is 1. The van der Waals surface area contributed by atoms with Gasteiger partial charge in [-0.25, -0.2) is 4.98 Å². The summed E-state index contributed by atoms with van der Waals surface area (Å²) in [7, 11) is 0. The average Bonchev–Trinajstić information content (AvgIpc) is 2.62. The zero-order chi connectivity index (χ0) is 17.6. The second-order valence-electron chi connectivity index (χ2n) is 6.78. The van der Waals surface area contributed by atoms with Gasteiger partial charge in [0.2, 0.25) is 5.91 Å². The van der Waals surface area contributed by atoms with E-state index in [1.54, 1.807) is 6.07 Å². The molecule has 2 unspecified atom stereocenters. The second-order valence-corrected chi connectivity index (χ2v) is 6.78. The molecule has 0 spiro atoms. The molecule has 1 fully saturated rings. The van der Waals surface area contributed by atoms with Gasteiger partial charge in [-0.1, -0.05) is 25.0 Å². The van der Waals surface area contributed by atoms with Crippen LogP contribution in [0.1, 0.15) is 44.3 Å². The lowest BCUT2D eigenvalue weighted by atomic mass is 9.85. The lowest BCUT2D eigenvalue weighted by Gasteiger charge is -2.30. The number of benzene rings is 1. The highest BCUT2D eigenvalue weighted by atomic mass is 16.3. The van der Waals surface area contributed by atoms with E-state index in [4.69, 9.17) is 0 Å². The fourth-order valence-electron chi connectivity index (χ4n) is 3.56. The molecule has 1 amide bonds. The minimum absolute atomic E-state index is 0.00786. The molecule has 1 aliphatic rings. The van der Waals surface area contributed by atoms with Crippen molar-refractivity contribution in [3.8, 4) is 0 Å². The Hall–Kier alpha value is -2.21. The number of aromatic amines is 1. The van der Waals surface area contributed by atoms with E-state index in [2.05, 4.69) is 15.3 Å². The summed E-state index contributed by atoms with van der Waals surface area (Å²) in [5, 5.41) is 13.1. The van der Waals surface area contributed by atoms with Gasteiger partial charge in [0, 0.05) is 31.4 Å². The Morgan fingerprint density at radius 1 is 1.28 bits per heavy atom. The highest BCUT2D eigenvalue weighted by Gasteiger charge is 2.25. The van der Waals surface area contributed by atoms with E-state index in [0.717, 1.165) is 25.7 Å². The quantitative estimate of drug-likeness (QED) is 0.747. The molecule has 1 saturated carbocycles. The van der Waals surface area contributed by atoms with Crippen molar-refractivity contribution in [1.29, 1.82) is 0 Å². The van der Waals surface area contributed by atoms with Crippen LogP contribution in [0.3, 0.4) is 0 Å². The smallest absolute Gasteiger partial charge is 0.258 e. The molecule has 6 heteroatoms. The van der Waals surface area contributed by atoms with Crippen LogP contribution in [0.5, 0.6) is 0 Å². The SMILES string of the molecule is O=C(CCCc1nc2ccccc2c(=O)[nH]1)NC1CCCCC1CO. The van der Waals surface area contributed by atoms with Gasteiger partial charge in [0.1, 0.15) is 5.82 Å². The van der Waals surface area contributed by atoms with Gasteiger partial charge in [-0.2, -0.15) is 0 Å². The maximum Gasteiger partial charge on any atom is 0.258 e. The highest BCUT2D eigenvalue weighted by molar-refractivity contribution is 5.77. The number of hydrogen-bond acceptors (Lipinski definition) is 4. The van der Waals surface area contributed by atoms with E-state index in [-0.39, 0.29) is 30.0 Å². The van der Waals surface area contributed by atoms with Crippen LogP contribution in [0.2, 0.25) is 0 Å². The van der Waals surface area contributed by atoms with Crippen molar-refractivity contribution in [2.45, 2.75) is 51.0 Å². The van der Waals surface area contributed by atoms with Crippen molar-refractivity contribution >= 4 is 16.8 Å². The van der Waals surface area contributed by atoms with Crippen LogP contribution in [0.4, 0.5) is 0 Å². The number of aryl methyl sites for hydroxylation is 1. The number of nitrogens with zero attached hydrogens (tertiary/aromatic N) is 1. The molecule has 1 aromatic carbocycles. The maximum absolute atomic E-state index is 12.2. The second kappa shape index (κ2) is 8.25. The normalized spacial score (nSPS) is 20.5. The van der Waals surface area contributed by atoms with Gasteiger partial charge in [0.25, 0.3) is 5.56 Å². The first kappa shape index (κ1) is 17.6. The summed E-state index contributed by atoms with van der Waals surface area (Å²) in [6.45, 7) is 0.132. The summed E-state index contributed by atoms with van der Waals surface area (Å²) in [4.78, 5) is 31.4. The fourth-order valence-corrected chi connectivity index (χ4v) is 3.56. The predicted molar refractivity (Wildman–Crippen MR) is 96.3 cm³/mol. The van der Waals surface area contributed by atoms with Crippen LogP contribution >= 0.6 is 0 Å². The lowest BCUT2D eigenvalue weighted by molar-refractivity contribution is -0.122. The van der Waals surface area contributed by atoms with Gasteiger partial charge >= 0.3 is 0 Å². The molecular formula is C19H25N3O3. The summed E-state index contributed by atoms with van der Waals surface area (Å²) >= 11 is 0. The molecule has 0 radical (unpaired) electrons. The van der Waals surface area contributed by atoms with Crippen molar-refractivity contribution in [3.63, 3.8) is 0 Å². The third-order valence-corrected chi connectivity index (χ3v) is 4.97. The van der Waals surface area contributed by atoms with E-state index in [0.29, 0.717) is 36.0 Å². The molecule has 0 bridgehead atoms. The Labute approximate surface area is 146 Å². The predicted octanol–water partition coefficient (Wildman–Crippen LogP) is 1.91. The first-order valence-corrected chi connectivity index (χ1v) is 9.05. The summed E-state index contributed by atoms with van der Waals surface area (Å²) < 4.78 is 0. The molecule has 3 N–H and O–H groups in total. The highest BCUT2D eigenvalue weighted by Crippen LogP contribution is 2.24. The Morgan fingerprint density at radius 2 is 2.08 bits per heavy atom. The van der Waals surface area contributed by atoms with E-state index >= 15 is 0 Å². The van der Waals surface area contributed by atoms with Gasteiger partial charge in [-0.3, -0.25) is 9.59 Å². The molecule has 2 aromatic rings. The number of aliphatic hydroxyl groups is 1. The van der Waals surface area contributed by atoms with E-state index in [1.807, 2.05) is 18.2 Å².